The molecule has 0 atom stereocenters. The number of benzene rings is 2. The molecule has 2 aromatic carbocycles. The van der Waals surface area contributed by atoms with Gasteiger partial charge in [-0.15, -0.1) is 0 Å². The van der Waals surface area contributed by atoms with Crippen LogP contribution in [0.1, 0.15) is 21.5 Å². The summed E-state index contributed by atoms with van der Waals surface area (Å²) < 4.78 is 0.884. The topological polar surface area (TPSA) is 20.3 Å². The van der Waals surface area contributed by atoms with Gasteiger partial charge in [-0.3, -0.25) is 4.79 Å². The summed E-state index contributed by atoms with van der Waals surface area (Å²) in [5.41, 5.74) is 2.48. The van der Waals surface area contributed by atoms with Gasteiger partial charge in [0.05, 0.1) is 0 Å². The zero-order valence-corrected chi connectivity index (χ0v) is 14.8. The number of aryl methyl sites for hydroxylation is 1. The number of nitrogens with zero attached hydrogens (tertiary/aromatic N) is 1. The summed E-state index contributed by atoms with van der Waals surface area (Å²) in [6.07, 6.45) is 0. The first-order valence-electron chi connectivity index (χ1n) is 6.34. The number of hydrogen-bond donors (Lipinski definition) is 0. The van der Waals surface area contributed by atoms with Crippen LogP contribution in [0.5, 0.6) is 0 Å². The van der Waals surface area contributed by atoms with Crippen LogP contribution in [0.25, 0.3) is 0 Å². The van der Waals surface area contributed by atoms with Gasteiger partial charge in [0, 0.05) is 33.7 Å². The number of rotatable bonds is 3. The van der Waals surface area contributed by atoms with Crippen LogP contribution in [0.2, 0.25) is 10.0 Å². The van der Waals surface area contributed by atoms with Crippen molar-refractivity contribution in [2.75, 3.05) is 7.05 Å². The Balaban J connectivity index is 2.21. The fourth-order valence-corrected chi connectivity index (χ4v) is 2.84. The molecule has 0 aromatic heterocycles. The van der Waals surface area contributed by atoms with E-state index in [2.05, 4.69) is 15.9 Å². The van der Waals surface area contributed by atoms with Crippen molar-refractivity contribution in [1.82, 2.24) is 4.90 Å². The highest BCUT2D eigenvalue weighted by atomic mass is 79.9. The summed E-state index contributed by atoms with van der Waals surface area (Å²) in [4.78, 5) is 14.2. The maximum absolute atomic E-state index is 12.5. The molecule has 0 aliphatic heterocycles. The van der Waals surface area contributed by atoms with Crippen molar-refractivity contribution < 1.29 is 4.79 Å². The average molecular weight is 387 g/mol. The van der Waals surface area contributed by atoms with Gasteiger partial charge < -0.3 is 4.90 Å². The molecule has 0 radical (unpaired) electrons. The van der Waals surface area contributed by atoms with Crippen LogP contribution in [0.15, 0.2) is 40.9 Å². The van der Waals surface area contributed by atoms with Gasteiger partial charge in [0.15, 0.2) is 0 Å². The van der Waals surface area contributed by atoms with E-state index in [9.17, 15) is 4.79 Å². The van der Waals surface area contributed by atoms with Crippen molar-refractivity contribution in [3.05, 3.63) is 67.6 Å². The molecule has 0 aliphatic carbocycles. The lowest BCUT2D eigenvalue weighted by molar-refractivity contribution is 0.0784. The van der Waals surface area contributed by atoms with Gasteiger partial charge >= 0.3 is 0 Å². The molecule has 0 heterocycles. The number of halogens is 3. The molecule has 0 fully saturated rings. The van der Waals surface area contributed by atoms with Gasteiger partial charge in [-0.25, -0.2) is 0 Å². The summed E-state index contributed by atoms with van der Waals surface area (Å²) in [7, 11) is 1.76. The highest BCUT2D eigenvalue weighted by Crippen LogP contribution is 2.23. The smallest absolute Gasteiger partial charge is 0.254 e. The second-order valence-electron chi connectivity index (χ2n) is 4.86. The first-order chi connectivity index (χ1) is 9.88. The predicted octanol–water partition coefficient (Wildman–Crippen LogP) is 5.34. The van der Waals surface area contributed by atoms with Crippen molar-refractivity contribution in [1.29, 1.82) is 0 Å². The molecule has 21 heavy (non-hydrogen) atoms. The third kappa shape index (κ3) is 4.00. The summed E-state index contributed by atoms with van der Waals surface area (Å²) in [6, 6.07) is 11.0. The Morgan fingerprint density at radius 3 is 2.57 bits per heavy atom. The fraction of sp³-hybridized carbons (Fsp3) is 0.188. The molecule has 2 nitrogen and oxygen atoms in total. The average Bonchev–Trinajstić information content (AvgIpc) is 2.43. The molecule has 0 saturated heterocycles. The van der Waals surface area contributed by atoms with Crippen molar-refractivity contribution in [3.8, 4) is 0 Å². The minimum absolute atomic E-state index is 0.0418. The van der Waals surface area contributed by atoms with Crippen LogP contribution in [0, 0.1) is 6.92 Å². The molecule has 1 amide bonds. The number of carbonyl (C=O) groups excluding carboxylic acids is 1. The molecular weight excluding hydrogens is 373 g/mol. The Hall–Kier alpha value is -1.03. The SMILES string of the molecule is Cc1ccc(Br)cc1C(=O)N(C)Cc1ccc(Cl)cc1Cl. The van der Waals surface area contributed by atoms with Crippen LogP contribution in [0.3, 0.4) is 0 Å². The summed E-state index contributed by atoms with van der Waals surface area (Å²) >= 11 is 15.4. The van der Waals surface area contributed by atoms with Crippen LogP contribution >= 0.6 is 39.1 Å². The van der Waals surface area contributed by atoms with E-state index in [0.29, 0.717) is 22.2 Å². The Bertz CT molecular complexity index is 688. The van der Waals surface area contributed by atoms with Crippen LogP contribution in [0.4, 0.5) is 0 Å². The maximum Gasteiger partial charge on any atom is 0.254 e. The molecule has 0 bridgehead atoms. The molecule has 0 spiro atoms. The van der Waals surface area contributed by atoms with Gasteiger partial charge in [0.1, 0.15) is 0 Å². The monoisotopic (exact) mass is 385 g/mol. The number of hydrogen-bond acceptors (Lipinski definition) is 1. The van der Waals surface area contributed by atoms with Gasteiger partial charge in [0.2, 0.25) is 0 Å². The number of amides is 1. The maximum atomic E-state index is 12.5. The molecule has 5 heteroatoms. The van der Waals surface area contributed by atoms with E-state index in [0.717, 1.165) is 15.6 Å². The van der Waals surface area contributed by atoms with E-state index >= 15 is 0 Å². The van der Waals surface area contributed by atoms with E-state index in [-0.39, 0.29) is 5.91 Å². The second-order valence-corrected chi connectivity index (χ2v) is 6.62. The molecule has 0 N–H and O–H groups in total. The van der Waals surface area contributed by atoms with Crippen molar-refractivity contribution in [3.63, 3.8) is 0 Å². The van der Waals surface area contributed by atoms with Crippen LogP contribution < -0.4 is 0 Å². The van der Waals surface area contributed by atoms with Crippen molar-refractivity contribution >= 4 is 45.0 Å². The minimum Gasteiger partial charge on any atom is -0.337 e. The lowest BCUT2D eigenvalue weighted by atomic mass is 10.1. The summed E-state index contributed by atoms with van der Waals surface area (Å²) in [6.45, 7) is 2.35. The number of carbonyl (C=O) groups is 1. The Morgan fingerprint density at radius 2 is 1.90 bits per heavy atom. The zero-order valence-electron chi connectivity index (χ0n) is 11.7. The highest BCUT2D eigenvalue weighted by molar-refractivity contribution is 9.10. The lowest BCUT2D eigenvalue weighted by Crippen LogP contribution is -2.27. The summed E-state index contributed by atoms with van der Waals surface area (Å²) in [5.74, 6) is -0.0418. The van der Waals surface area contributed by atoms with Crippen LogP contribution in [-0.4, -0.2) is 17.9 Å². The molecule has 2 aromatic rings. The van der Waals surface area contributed by atoms with Gasteiger partial charge in [-0.05, 0) is 42.3 Å². The van der Waals surface area contributed by atoms with Crippen LogP contribution in [-0.2, 0) is 6.54 Å². The molecule has 0 saturated carbocycles. The quantitative estimate of drug-likeness (QED) is 0.697. The standard InChI is InChI=1S/C16H14BrCl2NO/c1-10-3-5-12(17)7-14(10)16(21)20(2)9-11-4-6-13(18)8-15(11)19/h3-8H,9H2,1-2H3. The van der Waals surface area contributed by atoms with E-state index in [4.69, 9.17) is 23.2 Å². The zero-order chi connectivity index (χ0) is 15.6. The molecule has 0 unspecified atom stereocenters. The van der Waals surface area contributed by atoms with E-state index < -0.39 is 0 Å². The molecule has 0 aliphatic rings. The Labute approximate surface area is 142 Å². The van der Waals surface area contributed by atoms with Crippen molar-refractivity contribution in [2.24, 2.45) is 0 Å². The van der Waals surface area contributed by atoms with E-state index in [1.54, 1.807) is 24.1 Å². The van der Waals surface area contributed by atoms with Crippen molar-refractivity contribution in [2.45, 2.75) is 13.5 Å². The largest absolute Gasteiger partial charge is 0.337 e. The highest BCUT2D eigenvalue weighted by Gasteiger charge is 2.16. The summed E-state index contributed by atoms with van der Waals surface area (Å²) in [5, 5.41) is 1.15. The molecular formula is C16H14BrCl2NO. The van der Waals surface area contributed by atoms with Gasteiger partial charge in [-0.2, -0.15) is 0 Å². The van der Waals surface area contributed by atoms with E-state index in [1.807, 2.05) is 31.2 Å². The Kier molecular flexibility index (Phi) is 5.31. The third-order valence-electron chi connectivity index (χ3n) is 3.20. The minimum atomic E-state index is -0.0418. The predicted molar refractivity (Wildman–Crippen MR) is 91.1 cm³/mol. The van der Waals surface area contributed by atoms with E-state index in [1.165, 1.54) is 0 Å². The second kappa shape index (κ2) is 6.82. The molecule has 2 rings (SSSR count). The first-order valence-corrected chi connectivity index (χ1v) is 7.89. The lowest BCUT2D eigenvalue weighted by Gasteiger charge is -2.19. The normalized spacial score (nSPS) is 10.5. The van der Waals surface area contributed by atoms with Gasteiger partial charge in [0.25, 0.3) is 5.91 Å². The molecule has 110 valence electrons. The Morgan fingerprint density at radius 1 is 1.19 bits per heavy atom. The first kappa shape index (κ1) is 16.3. The fourth-order valence-electron chi connectivity index (χ4n) is 2.01. The van der Waals surface area contributed by atoms with Gasteiger partial charge in [-0.1, -0.05) is 51.3 Å². The third-order valence-corrected chi connectivity index (χ3v) is 4.28.